The Morgan fingerprint density at radius 1 is 1.45 bits per heavy atom. The number of hydrogen-bond donors (Lipinski definition) is 2. The van der Waals surface area contributed by atoms with Crippen LogP contribution in [-0.2, 0) is 6.54 Å². The zero-order chi connectivity index (χ0) is 8.27. The number of benzene rings is 1. The second kappa shape index (κ2) is 3.21. The molecule has 0 saturated carbocycles. The Morgan fingerprint density at radius 2 is 2.18 bits per heavy atom. The lowest BCUT2D eigenvalue weighted by atomic mass is 10.1. The monoisotopic (exact) mass is 148 g/mol. The van der Waals surface area contributed by atoms with Crippen molar-refractivity contribution in [1.82, 2.24) is 0 Å². The van der Waals surface area contributed by atoms with E-state index in [1.807, 2.05) is 18.2 Å². The Kier molecular flexibility index (Phi) is 2.28. The molecule has 0 saturated heterocycles. The molecule has 0 spiro atoms. The smallest absolute Gasteiger partial charge is 0.0365 e. The average molecular weight is 148 g/mol. The van der Waals surface area contributed by atoms with Crippen molar-refractivity contribution in [2.75, 3.05) is 5.73 Å². The van der Waals surface area contributed by atoms with Crippen LogP contribution in [0.2, 0.25) is 0 Å². The zero-order valence-electron chi connectivity index (χ0n) is 6.38. The summed E-state index contributed by atoms with van der Waals surface area (Å²) >= 11 is 0. The minimum atomic E-state index is 0.489. The number of nitrogen functional groups attached to an aromatic ring is 1. The Bertz CT molecular complexity index is 266. The molecule has 0 atom stereocenters. The highest BCUT2D eigenvalue weighted by molar-refractivity contribution is 5.57. The minimum Gasteiger partial charge on any atom is -0.398 e. The Morgan fingerprint density at radius 3 is 2.64 bits per heavy atom. The van der Waals surface area contributed by atoms with Gasteiger partial charge in [-0.2, -0.15) is 0 Å². The third-order valence-electron chi connectivity index (χ3n) is 1.63. The summed E-state index contributed by atoms with van der Waals surface area (Å²) in [6.45, 7) is 4.13. The maximum Gasteiger partial charge on any atom is 0.0365 e. The van der Waals surface area contributed by atoms with Crippen LogP contribution in [0.5, 0.6) is 0 Å². The van der Waals surface area contributed by atoms with E-state index in [2.05, 4.69) is 6.58 Å². The molecule has 2 nitrogen and oxygen atoms in total. The van der Waals surface area contributed by atoms with Crippen molar-refractivity contribution >= 4 is 11.8 Å². The Labute approximate surface area is 66.5 Å². The highest BCUT2D eigenvalue weighted by Gasteiger charge is 1.95. The van der Waals surface area contributed by atoms with E-state index in [0.29, 0.717) is 6.54 Å². The lowest BCUT2D eigenvalue weighted by molar-refractivity contribution is 1.07. The molecule has 1 aromatic rings. The van der Waals surface area contributed by atoms with Crippen molar-refractivity contribution in [3.8, 4) is 0 Å². The van der Waals surface area contributed by atoms with Crippen molar-refractivity contribution in [2.24, 2.45) is 5.73 Å². The van der Waals surface area contributed by atoms with Gasteiger partial charge in [0.2, 0.25) is 0 Å². The quantitative estimate of drug-likeness (QED) is 0.622. The van der Waals surface area contributed by atoms with E-state index in [9.17, 15) is 0 Å². The summed E-state index contributed by atoms with van der Waals surface area (Å²) in [4.78, 5) is 0. The van der Waals surface area contributed by atoms with Gasteiger partial charge in [0.15, 0.2) is 0 Å². The number of rotatable bonds is 2. The van der Waals surface area contributed by atoms with Crippen LogP contribution >= 0.6 is 0 Å². The standard InChI is InChI=1S/C9H12N2/c1-2-7-3-4-8(6-10)9(11)5-7/h2-5H,1,6,10-11H2. The average Bonchev–Trinajstić information content (AvgIpc) is 2.04. The van der Waals surface area contributed by atoms with Crippen LogP contribution in [0, 0.1) is 0 Å². The second-order valence-corrected chi connectivity index (χ2v) is 2.37. The summed E-state index contributed by atoms with van der Waals surface area (Å²) < 4.78 is 0. The van der Waals surface area contributed by atoms with Crippen LogP contribution in [0.3, 0.4) is 0 Å². The molecule has 0 aliphatic heterocycles. The van der Waals surface area contributed by atoms with Crippen LogP contribution in [0.15, 0.2) is 24.8 Å². The number of nitrogens with two attached hydrogens (primary N) is 2. The minimum absolute atomic E-state index is 0.489. The van der Waals surface area contributed by atoms with Crippen LogP contribution in [0.4, 0.5) is 5.69 Å². The molecule has 0 bridgehead atoms. The molecule has 0 aliphatic carbocycles. The maximum absolute atomic E-state index is 5.68. The van der Waals surface area contributed by atoms with E-state index in [-0.39, 0.29) is 0 Å². The molecule has 0 fully saturated rings. The van der Waals surface area contributed by atoms with Crippen molar-refractivity contribution in [3.05, 3.63) is 35.9 Å². The first-order valence-electron chi connectivity index (χ1n) is 3.49. The van der Waals surface area contributed by atoms with Gasteiger partial charge < -0.3 is 11.5 Å². The van der Waals surface area contributed by atoms with Gasteiger partial charge in [0.25, 0.3) is 0 Å². The van der Waals surface area contributed by atoms with E-state index in [0.717, 1.165) is 16.8 Å². The summed E-state index contributed by atoms with van der Waals surface area (Å²) in [5.74, 6) is 0. The lowest BCUT2D eigenvalue weighted by Gasteiger charge is -2.02. The van der Waals surface area contributed by atoms with E-state index in [4.69, 9.17) is 11.5 Å². The van der Waals surface area contributed by atoms with Crippen LogP contribution < -0.4 is 11.5 Å². The predicted octanol–water partition coefficient (Wildman–Crippen LogP) is 1.37. The molecule has 58 valence electrons. The van der Waals surface area contributed by atoms with Crippen molar-refractivity contribution in [2.45, 2.75) is 6.54 Å². The molecule has 0 unspecified atom stereocenters. The number of hydrogen-bond acceptors (Lipinski definition) is 2. The molecule has 11 heavy (non-hydrogen) atoms. The molecule has 0 radical (unpaired) electrons. The lowest BCUT2D eigenvalue weighted by Crippen LogP contribution is -2.01. The van der Waals surface area contributed by atoms with Crippen LogP contribution in [0.25, 0.3) is 6.08 Å². The molecule has 0 heterocycles. The fourth-order valence-electron chi connectivity index (χ4n) is 0.926. The normalized spacial score (nSPS) is 9.55. The van der Waals surface area contributed by atoms with E-state index < -0.39 is 0 Å². The maximum atomic E-state index is 5.68. The van der Waals surface area contributed by atoms with Gasteiger partial charge in [-0.05, 0) is 17.2 Å². The van der Waals surface area contributed by atoms with Gasteiger partial charge >= 0.3 is 0 Å². The molecule has 0 aromatic heterocycles. The third kappa shape index (κ3) is 1.59. The Balaban J connectivity index is 3.09. The van der Waals surface area contributed by atoms with E-state index in [1.165, 1.54) is 0 Å². The predicted molar refractivity (Wildman–Crippen MR) is 48.8 cm³/mol. The fourth-order valence-corrected chi connectivity index (χ4v) is 0.926. The first-order valence-corrected chi connectivity index (χ1v) is 3.49. The summed E-state index contributed by atoms with van der Waals surface area (Å²) in [5, 5.41) is 0. The largest absolute Gasteiger partial charge is 0.398 e. The van der Waals surface area contributed by atoms with Crippen molar-refractivity contribution in [3.63, 3.8) is 0 Å². The summed E-state index contributed by atoms with van der Waals surface area (Å²) in [6.07, 6.45) is 1.76. The first-order chi connectivity index (χ1) is 5.27. The third-order valence-corrected chi connectivity index (χ3v) is 1.63. The second-order valence-electron chi connectivity index (χ2n) is 2.37. The summed E-state index contributed by atoms with van der Waals surface area (Å²) in [7, 11) is 0. The molecule has 1 rings (SSSR count). The van der Waals surface area contributed by atoms with Gasteiger partial charge in [0.05, 0.1) is 0 Å². The van der Waals surface area contributed by atoms with Gasteiger partial charge in [0.1, 0.15) is 0 Å². The highest BCUT2D eigenvalue weighted by Crippen LogP contribution is 2.13. The molecular formula is C9H12N2. The Hall–Kier alpha value is -1.28. The van der Waals surface area contributed by atoms with Crippen LogP contribution in [0.1, 0.15) is 11.1 Å². The molecule has 0 aliphatic rings. The zero-order valence-corrected chi connectivity index (χ0v) is 6.38. The topological polar surface area (TPSA) is 52.0 Å². The summed E-state index contributed by atoms with van der Waals surface area (Å²) in [5.41, 5.74) is 13.9. The fraction of sp³-hybridized carbons (Fsp3) is 0.111. The van der Waals surface area contributed by atoms with E-state index in [1.54, 1.807) is 6.08 Å². The van der Waals surface area contributed by atoms with E-state index >= 15 is 0 Å². The van der Waals surface area contributed by atoms with Gasteiger partial charge in [0, 0.05) is 12.2 Å². The van der Waals surface area contributed by atoms with Gasteiger partial charge in [-0.1, -0.05) is 24.8 Å². The molecule has 4 N–H and O–H groups in total. The summed E-state index contributed by atoms with van der Waals surface area (Å²) in [6, 6.07) is 5.74. The first kappa shape index (κ1) is 7.82. The highest BCUT2D eigenvalue weighted by atomic mass is 14.6. The molecule has 2 heteroatoms. The molecule has 1 aromatic carbocycles. The SMILES string of the molecule is C=Cc1ccc(CN)c(N)c1. The number of anilines is 1. The van der Waals surface area contributed by atoms with Crippen molar-refractivity contribution < 1.29 is 0 Å². The van der Waals surface area contributed by atoms with Crippen molar-refractivity contribution in [1.29, 1.82) is 0 Å². The van der Waals surface area contributed by atoms with Crippen LogP contribution in [-0.4, -0.2) is 0 Å². The molecule has 0 amide bonds. The van der Waals surface area contributed by atoms with Gasteiger partial charge in [-0.15, -0.1) is 0 Å². The van der Waals surface area contributed by atoms with Gasteiger partial charge in [-0.25, -0.2) is 0 Å². The van der Waals surface area contributed by atoms with Gasteiger partial charge in [-0.3, -0.25) is 0 Å². The molecular weight excluding hydrogens is 136 g/mol.